The number of pyridine rings is 1. The number of carbonyl (C=O) groups excluding carboxylic acids is 1. The lowest BCUT2D eigenvalue weighted by atomic mass is 10.1. The number of aromatic nitrogens is 3. The number of hydrogen-bond acceptors (Lipinski definition) is 5. The van der Waals surface area contributed by atoms with Crippen molar-refractivity contribution in [2.24, 2.45) is 0 Å². The molecule has 144 valence electrons. The highest BCUT2D eigenvalue weighted by Crippen LogP contribution is 2.24. The lowest BCUT2D eigenvalue weighted by Crippen LogP contribution is -2.16. The molecule has 0 saturated heterocycles. The molecule has 0 aliphatic rings. The second-order valence-electron chi connectivity index (χ2n) is 6.93. The third-order valence-electron chi connectivity index (χ3n) is 4.82. The van der Waals surface area contributed by atoms with Gasteiger partial charge in [-0.25, -0.2) is 9.97 Å². The van der Waals surface area contributed by atoms with E-state index in [0.29, 0.717) is 17.3 Å². The molecule has 0 aliphatic carbocycles. The summed E-state index contributed by atoms with van der Waals surface area (Å²) >= 11 is 0. The fourth-order valence-corrected chi connectivity index (χ4v) is 3.14. The minimum Gasteiger partial charge on any atom is -0.322 e. The normalized spacial score (nSPS) is 10.7. The average Bonchev–Trinajstić information content (AvgIpc) is 2.71. The molecule has 2 aromatic heterocycles. The molecule has 4 rings (SSSR count). The quantitative estimate of drug-likeness (QED) is 0.521. The first-order valence-electron chi connectivity index (χ1n) is 9.35. The maximum Gasteiger partial charge on any atom is 0.274 e. The molecule has 2 aromatic carbocycles. The molecular formula is C23H21N5O. The van der Waals surface area contributed by atoms with Crippen LogP contribution in [0.4, 0.5) is 17.3 Å². The van der Waals surface area contributed by atoms with Crippen molar-refractivity contribution in [1.29, 1.82) is 0 Å². The Labute approximate surface area is 169 Å². The number of fused-ring (bicyclic) bond motifs is 1. The van der Waals surface area contributed by atoms with Gasteiger partial charge in [-0.15, -0.1) is 0 Å². The predicted octanol–water partition coefficient (Wildman–Crippen LogP) is 4.95. The van der Waals surface area contributed by atoms with E-state index in [-0.39, 0.29) is 5.91 Å². The molecule has 0 unspecified atom stereocenters. The Morgan fingerprint density at radius 2 is 1.66 bits per heavy atom. The van der Waals surface area contributed by atoms with Gasteiger partial charge in [0, 0.05) is 23.0 Å². The molecule has 29 heavy (non-hydrogen) atoms. The van der Waals surface area contributed by atoms with Gasteiger partial charge in [0.05, 0.1) is 11.2 Å². The maximum atomic E-state index is 12.8. The van der Waals surface area contributed by atoms with Gasteiger partial charge in [0.2, 0.25) is 5.95 Å². The fraction of sp³-hybridized carbons (Fsp3) is 0.130. The number of carbonyl (C=O) groups is 1. The molecule has 0 atom stereocenters. The van der Waals surface area contributed by atoms with Crippen LogP contribution in [0, 0.1) is 20.8 Å². The number of anilines is 3. The molecule has 0 saturated carbocycles. The Morgan fingerprint density at radius 3 is 2.52 bits per heavy atom. The summed E-state index contributed by atoms with van der Waals surface area (Å²) in [6, 6.07) is 17.2. The topological polar surface area (TPSA) is 79.8 Å². The molecule has 0 spiro atoms. The summed E-state index contributed by atoms with van der Waals surface area (Å²) in [5.74, 6) is 0.0811. The van der Waals surface area contributed by atoms with E-state index in [4.69, 9.17) is 0 Å². The Bertz CT molecular complexity index is 1210. The first-order valence-corrected chi connectivity index (χ1v) is 9.35. The zero-order valence-corrected chi connectivity index (χ0v) is 16.5. The molecule has 4 aromatic rings. The zero-order valence-electron chi connectivity index (χ0n) is 16.5. The van der Waals surface area contributed by atoms with E-state index in [1.807, 2.05) is 69.3 Å². The van der Waals surface area contributed by atoms with Gasteiger partial charge in [0.25, 0.3) is 5.91 Å². The van der Waals surface area contributed by atoms with Gasteiger partial charge in [0.1, 0.15) is 5.69 Å². The SMILES string of the molecule is Cc1cc(C(=O)Nc2cccc(C)c2C)nc(Nc2cccc3cccnc23)n1. The Hall–Kier alpha value is -3.80. The summed E-state index contributed by atoms with van der Waals surface area (Å²) in [4.78, 5) is 26.1. The smallest absolute Gasteiger partial charge is 0.274 e. The van der Waals surface area contributed by atoms with Gasteiger partial charge in [-0.05, 0) is 56.2 Å². The van der Waals surface area contributed by atoms with Crippen LogP contribution in [0.1, 0.15) is 27.3 Å². The lowest BCUT2D eigenvalue weighted by Gasteiger charge is -2.12. The van der Waals surface area contributed by atoms with Crippen molar-refractivity contribution in [3.8, 4) is 0 Å². The summed E-state index contributed by atoms with van der Waals surface area (Å²) in [5.41, 5.74) is 5.53. The average molecular weight is 383 g/mol. The molecule has 2 N–H and O–H groups in total. The molecular weight excluding hydrogens is 362 g/mol. The van der Waals surface area contributed by atoms with Crippen LogP contribution in [0.2, 0.25) is 0 Å². The molecule has 1 amide bonds. The summed E-state index contributed by atoms with van der Waals surface area (Å²) in [5, 5.41) is 7.16. The van der Waals surface area contributed by atoms with Gasteiger partial charge >= 0.3 is 0 Å². The Balaban J connectivity index is 1.64. The number of nitrogens with one attached hydrogen (secondary N) is 2. The largest absolute Gasteiger partial charge is 0.322 e. The van der Waals surface area contributed by atoms with Crippen LogP contribution in [-0.4, -0.2) is 20.9 Å². The molecule has 6 nitrogen and oxygen atoms in total. The van der Waals surface area contributed by atoms with Crippen LogP contribution < -0.4 is 10.6 Å². The van der Waals surface area contributed by atoms with Crippen LogP contribution in [0.15, 0.2) is 60.8 Å². The highest BCUT2D eigenvalue weighted by Gasteiger charge is 2.13. The van der Waals surface area contributed by atoms with Crippen LogP contribution in [0.3, 0.4) is 0 Å². The van der Waals surface area contributed by atoms with E-state index >= 15 is 0 Å². The summed E-state index contributed by atoms with van der Waals surface area (Å²) in [6.07, 6.45) is 1.74. The Morgan fingerprint density at radius 1 is 0.897 bits per heavy atom. The van der Waals surface area contributed by atoms with E-state index in [0.717, 1.165) is 33.4 Å². The van der Waals surface area contributed by atoms with E-state index < -0.39 is 0 Å². The molecule has 0 bridgehead atoms. The lowest BCUT2D eigenvalue weighted by molar-refractivity contribution is 0.102. The minimum atomic E-state index is -0.275. The van der Waals surface area contributed by atoms with Crippen LogP contribution in [0.5, 0.6) is 0 Å². The number of aryl methyl sites for hydroxylation is 2. The number of amides is 1. The first-order chi connectivity index (χ1) is 14.0. The van der Waals surface area contributed by atoms with E-state index in [1.165, 1.54) is 0 Å². The van der Waals surface area contributed by atoms with Gasteiger partial charge in [-0.2, -0.15) is 0 Å². The van der Waals surface area contributed by atoms with Gasteiger partial charge in [-0.1, -0.05) is 30.3 Å². The summed E-state index contributed by atoms with van der Waals surface area (Å²) in [6.45, 7) is 5.83. The van der Waals surface area contributed by atoms with Crippen molar-refractivity contribution >= 4 is 34.1 Å². The van der Waals surface area contributed by atoms with Crippen molar-refractivity contribution in [3.63, 3.8) is 0 Å². The molecule has 6 heteroatoms. The zero-order chi connectivity index (χ0) is 20.4. The third-order valence-corrected chi connectivity index (χ3v) is 4.82. The van der Waals surface area contributed by atoms with Crippen molar-refractivity contribution in [3.05, 3.63) is 83.3 Å². The second kappa shape index (κ2) is 7.67. The van der Waals surface area contributed by atoms with Crippen molar-refractivity contribution in [2.45, 2.75) is 20.8 Å². The van der Waals surface area contributed by atoms with Gasteiger partial charge in [-0.3, -0.25) is 9.78 Å². The first kappa shape index (κ1) is 18.6. The number of hydrogen-bond donors (Lipinski definition) is 2. The van der Waals surface area contributed by atoms with E-state index in [1.54, 1.807) is 12.3 Å². The van der Waals surface area contributed by atoms with Crippen molar-refractivity contribution < 1.29 is 4.79 Å². The second-order valence-corrected chi connectivity index (χ2v) is 6.93. The fourth-order valence-electron chi connectivity index (χ4n) is 3.14. The molecule has 0 radical (unpaired) electrons. The van der Waals surface area contributed by atoms with Crippen molar-refractivity contribution in [2.75, 3.05) is 10.6 Å². The highest BCUT2D eigenvalue weighted by atomic mass is 16.1. The predicted molar refractivity (Wildman–Crippen MR) is 116 cm³/mol. The molecule has 0 aliphatic heterocycles. The molecule has 0 fully saturated rings. The van der Waals surface area contributed by atoms with E-state index in [2.05, 4.69) is 25.6 Å². The van der Waals surface area contributed by atoms with E-state index in [9.17, 15) is 4.79 Å². The number of benzene rings is 2. The third kappa shape index (κ3) is 3.91. The summed E-state index contributed by atoms with van der Waals surface area (Å²) < 4.78 is 0. The monoisotopic (exact) mass is 383 g/mol. The van der Waals surface area contributed by atoms with Crippen molar-refractivity contribution in [1.82, 2.24) is 15.0 Å². The standard InChI is InChI=1S/C23H21N5O/c1-14-7-4-10-18(16(14)3)26-22(29)20-13-15(2)25-23(28-20)27-19-11-5-8-17-9-6-12-24-21(17)19/h4-13H,1-3H3,(H,26,29)(H,25,27,28). The minimum absolute atomic E-state index is 0.275. The highest BCUT2D eigenvalue weighted by molar-refractivity contribution is 6.03. The summed E-state index contributed by atoms with van der Waals surface area (Å²) in [7, 11) is 0. The number of rotatable bonds is 4. The molecule has 2 heterocycles. The van der Waals surface area contributed by atoms with Crippen LogP contribution in [0.25, 0.3) is 10.9 Å². The number of nitrogens with zero attached hydrogens (tertiary/aromatic N) is 3. The van der Waals surface area contributed by atoms with Gasteiger partial charge in [0.15, 0.2) is 0 Å². The number of para-hydroxylation sites is 1. The maximum absolute atomic E-state index is 12.8. The van der Waals surface area contributed by atoms with Crippen LogP contribution in [-0.2, 0) is 0 Å². The van der Waals surface area contributed by atoms with Gasteiger partial charge < -0.3 is 10.6 Å². The Kier molecular flexibility index (Phi) is 4.91. The van der Waals surface area contributed by atoms with Crippen LogP contribution >= 0.6 is 0 Å².